The Kier molecular flexibility index (Phi) is 8.26. The van der Waals surface area contributed by atoms with Crippen LogP contribution in [0.2, 0.25) is 0 Å². The first kappa shape index (κ1) is 28.2. The van der Waals surface area contributed by atoms with Crippen molar-refractivity contribution in [2.45, 2.75) is 41.0 Å². The molecule has 1 aromatic heterocycles. The van der Waals surface area contributed by atoms with Crippen LogP contribution in [0.4, 0.5) is 11.4 Å². The largest absolute Gasteiger partial charge is 0.383 e. The molecule has 0 fully saturated rings. The van der Waals surface area contributed by atoms with Gasteiger partial charge in [0.25, 0.3) is 5.56 Å². The molecule has 1 aliphatic rings. The first-order chi connectivity index (χ1) is 19.9. The van der Waals surface area contributed by atoms with E-state index in [1.54, 1.807) is 7.11 Å². The Bertz CT molecular complexity index is 1680. The number of hydrogen-bond donors (Lipinski definition) is 0. The van der Waals surface area contributed by atoms with Gasteiger partial charge in [0.15, 0.2) is 5.82 Å². The van der Waals surface area contributed by atoms with Gasteiger partial charge in [-0.05, 0) is 74.6 Å². The second-order valence-corrected chi connectivity index (χ2v) is 10.3. The molecule has 210 valence electrons. The van der Waals surface area contributed by atoms with E-state index in [4.69, 9.17) is 19.8 Å². The third kappa shape index (κ3) is 5.37. The van der Waals surface area contributed by atoms with Crippen LogP contribution in [-0.4, -0.2) is 47.9 Å². The lowest BCUT2D eigenvalue weighted by molar-refractivity contribution is 0.205. The Morgan fingerprint density at radius 1 is 0.902 bits per heavy atom. The van der Waals surface area contributed by atoms with E-state index in [0.717, 1.165) is 58.0 Å². The minimum absolute atomic E-state index is 0.184. The molecule has 41 heavy (non-hydrogen) atoms. The molecule has 7 nitrogen and oxygen atoms in total. The van der Waals surface area contributed by atoms with Gasteiger partial charge in [-0.1, -0.05) is 55.5 Å². The highest BCUT2D eigenvalue weighted by Crippen LogP contribution is 2.29. The SMILES string of the molecule is CCc1nc2n(c(=O)c1-c1ccccc1)N=C(c1c(C)cccc1C)C2=Nc1ccc(N(CC)CCOC)cc1C. The van der Waals surface area contributed by atoms with Crippen LogP contribution >= 0.6 is 0 Å². The first-order valence-electron chi connectivity index (χ1n) is 14.2. The summed E-state index contributed by atoms with van der Waals surface area (Å²) >= 11 is 0. The van der Waals surface area contributed by atoms with Crippen molar-refractivity contribution < 1.29 is 4.74 Å². The summed E-state index contributed by atoms with van der Waals surface area (Å²) in [5, 5.41) is 4.91. The Balaban J connectivity index is 1.71. The van der Waals surface area contributed by atoms with Crippen molar-refractivity contribution in [3.05, 3.63) is 111 Å². The lowest BCUT2D eigenvalue weighted by atomic mass is 9.95. The molecule has 0 bridgehead atoms. The molecule has 3 aromatic carbocycles. The van der Waals surface area contributed by atoms with Crippen molar-refractivity contribution in [1.82, 2.24) is 9.66 Å². The second-order valence-electron chi connectivity index (χ2n) is 10.3. The van der Waals surface area contributed by atoms with E-state index in [2.05, 4.69) is 56.9 Å². The van der Waals surface area contributed by atoms with Crippen LogP contribution in [0, 0.1) is 20.8 Å². The van der Waals surface area contributed by atoms with Crippen molar-refractivity contribution >= 4 is 22.8 Å². The van der Waals surface area contributed by atoms with E-state index in [9.17, 15) is 4.79 Å². The molecule has 7 heteroatoms. The Morgan fingerprint density at radius 2 is 1.63 bits per heavy atom. The summed E-state index contributed by atoms with van der Waals surface area (Å²) in [5.74, 6) is 0.475. The predicted octanol–water partition coefficient (Wildman–Crippen LogP) is 6.26. The number of aromatic nitrogens is 2. The number of rotatable bonds is 9. The standard InChI is InChI=1S/C34H37N5O2/c1-7-27-30(25-15-10-9-11-16-25)34(40)39-33(36-27)32(31(37-39)29-22(3)13-12-14-23(29)4)35-28-18-17-26(21-24(28)5)38(8-2)19-20-41-6/h9-18,21H,7-8,19-20H2,1-6H3. The number of nitrogens with zero attached hydrogens (tertiary/aromatic N) is 5. The number of hydrogen-bond acceptors (Lipinski definition) is 6. The van der Waals surface area contributed by atoms with Crippen molar-refractivity contribution in [1.29, 1.82) is 0 Å². The summed E-state index contributed by atoms with van der Waals surface area (Å²) in [6, 6.07) is 22.2. The molecule has 0 radical (unpaired) electrons. The van der Waals surface area contributed by atoms with E-state index in [1.165, 1.54) is 4.68 Å². The number of ether oxygens (including phenoxy) is 1. The van der Waals surface area contributed by atoms with Crippen LogP contribution in [0.15, 0.2) is 81.6 Å². The van der Waals surface area contributed by atoms with Gasteiger partial charge in [-0.25, -0.2) is 9.98 Å². The molecule has 4 aromatic rings. The highest BCUT2D eigenvalue weighted by molar-refractivity contribution is 6.54. The van der Waals surface area contributed by atoms with Crippen molar-refractivity contribution in [3.8, 4) is 11.1 Å². The first-order valence-corrected chi connectivity index (χ1v) is 14.2. The van der Waals surface area contributed by atoms with Crippen molar-refractivity contribution in [3.63, 3.8) is 0 Å². The summed E-state index contributed by atoms with van der Waals surface area (Å²) in [5.41, 5.74) is 9.33. The summed E-state index contributed by atoms with van der Waals surface area (Å²) in [7, 11) is 1.72. The van der Waals surface area contributed by atoms with Crippen LogP contribution in [0.3, 0.4) is 0 Å². The molecule has 2 heterocycles. The quantitative estimate of drug-likeness (QED) is 0.248. The number of benzene rings is 3. The van der Waals surface area contributed by atoms with Crippen molar-refractivity contribution in [2.24, 2.45) is 10.1 Å². The van der Waals surface area contributed by atoms with Crippen molar-refractivity contribution in [2.75, 3.05) is 31.7 Å². The minimum atomic E-state index is -0.184. The van der Waals surface area contributed by atoms with Crippen LogP contribution in [0.5, 0.6) is 0 Å². The molecule has 0 amide bonds. The fourth-order valence-corrected chi connectivity index (χ4v) is 5.42. The zero-order valence-corrected chi connectivity index (χ0v) is 24.7. The average molecular weight is 548 g/mol. The Labute approximate surface area is 241 Å². The zero-order valence-electron chi connectivity index (χ0n) is 24.7. The predicted molar refractivity (Wildman–Crippen MR) is 168 cm³/mol. The normalized spacial score (nSPS) is 13.4. The van der Waals surface area contributed by atoms with E-state index in [1.807, 2.05) is 49.4 Å². The molecule has 0 saturated carbocycles. The summed E-state index contributed by atoms with van der Waals surface area (Å²) in [6.45, 7) is 12.7. The molecule has 0 spiro atoms. The molecule has 0 atom stereocenters. The number of methoxy groups -OCH3 is 1. The smallest absolute Gasteiger partial charge is 0.282 e. The molecule has 0 unspecified atom stereocenters. The molecule has 0 aliphatic carbocycles. The fraction of sp³-hybridized carbons (Fsp3) is 0.294. The maximum Gasteiger partial charge on any atom is 0.282 e. The Morgan fingerprint density at radius 3 is 2.27 bits per heavy atom. The zero-order chi connectivity index (χ0) is 29.1. The molecule has 5 rings (SSSR count). The topological polar surface area (TPSA) is 72.1 Å². The number of anilines is 1. The number of aliphatic imine (C=N–C) groups is 1. The summed E-state index contributed by atoms with van der Waals surface area (Å²) in [4.78, 5) is 26.5. The molecular formula is C34H37N5O2. The average Bonchev–Trinajstić information content (AvgIpc) is 3.32. The third-order valence-electron chi connectivity index (χ3n) is 7.61. The van der Waals surface area contributed by atoms with Gasteiger partial charge < -0.3 is 9.64 Å². The molecule has 1 aliphatic heterocycles. The van der Waals surface area contributed by atoms with Crippen LogP contribution < -0.4 is 10.5 Å². The monoisotopic (exact) mass is 547 g/mol. The number of fused-ring (bicyclic) bond motifs is 1. The Hall–Kier alpha value is -4.36. The fourth-order valence-electron chi connectivity index (χ4n) is 5.42. The van der Waals surface area contributed by atoms with Gasteiger partial charge in [-0.3, -0.25) is 4.79 Å². The highest BCUT2D eigenvalue weighted by Gasteiger charge is 2.31. The maximum absolute atomic E-state index is 14.0. The maximum atomic E-state index is 14.0. The van der Waals surface area contributed by atoms with Crippen LogP contribution in [0.25, 0.3) is 11.1 Å². The number of likely N-dealkylation sites (N-methyl/N-ethyl adjacent to an activating group) is 1. The van der Waals surface area contributed by atoms with Gasteiger partial charge in [0.05, 0.1) is 23.6 Å². The van der Waals surface area contributed by atoms with Gasteiger partial charge in [-0.15, -0.1) is 0 Å². The van der Waals surface area contributed by atoms with Gasteiger partial charge >= 0.3 is 0 Å². The highest BCUT2D eigenvalue weighted by atomic mass is 16.5. The van der Waals surface area contributed by atoms with Gasteiger partial charge in [0, 0.05) is 31.5 Å². The van der Waals surface area contributed by atoms with E-state index in [0.29, 0.717) is 35.8 Å². The summed E-state index contributed by atoms with van der Waals surface area (Å²) < 4.78 is 6.74. The van der Waals surface area contributed by atoms with E-state index >= 15 is 0 Å². The lowest BCUT2D eigenvalue weighted by Gasteiger charge is -2.23. The molecule has 0 saturated heterocycles. The molecule has 0 N–H and O–H groups in total. The number of aryl methyl sites for hydroxylation is 4. The third-order valence-corrected chi connectivity index (χ3v) is 7.61. The van der Waals surface area contributed by atoms with Gasteiger partial charge in [0.2, 0.25) is 0 Å². The second kappa shape index (κ2) is 12.0. The van der Waals surface area contributed by atoms with Crippen LogP contribution in [-0.2, 0) is 11.2 Å². The summed E-state index contributed by atoms with van der Waals surface area (Å²) in [6.07, 6.45) is 0.612. The van der Waals surface area contributed by atoms with Crippen LogP contribution in [0.1, 0.15) is 47.6 Å². The lowest BCUT2D eigenvalue weighted by Crippen LogP contribution is -2.26. The van der Waals surface area contributed by atoms with Gasteiger partial charge in [-0.2, -0.15) is 9.78 Å². The van der Waals surface area contributed by atoms with Gasteiger partial charge in [0.1, 0.15) is 11.4 Å². The minimum Gasteiger partial charge on any atom is -0.383 e. The molecular weight excluding hydrogens is 510 g/mol. The van der Waals surface area contributed by atoms with E-state index < -0.39 is 0 Å². The van der Waals surface area contributed by atoms with E-state index in [-0.39, 0.29) is 5.56 Å².